The maximum Gasteiger partial charge on any atom is 0.238 e. The Bertz CT molecular complexity index is 452. The van der Waals surface area contributed by atoms with E-state index in [4.69, 9.17) is 0 Å². The van der Waals surface area contributed by atoms with Crippen molar-refractivity contribution in [2.45, 2.75) is 25.9 Å². The van der Waals surface area contributed by atoms with Crippen LogP contribution >= 0.6 is 0 Å². The Kier molecular flexibility index (Phi) is 4.50. The summed E-state index contributed by atoms with van der Waals surface area (Å²) in [5, 5.41) is 5.98. The van der Waals surface area contributed by atoms with E-state index in [2.05, 4.69) is 29.4 Å². The molecule has 0 radical (unpaired) electrons. The van der Waals surface area contributed by atoms with E-state index in [1.165, 1.54) is 6.07 Å². The van der Waals surface area contributed by atoms with Crippen LogP contribution in [0.3, 0.4) is 0 Å². The van der Waals surface area contributed by atoms with Gasteiger partial charge < -0.3 is 10.6 Å². The molecule has 0 aliphatic carbocycles. The fourth-order valence-electron chi connectivity index (χ4n) is 2.25. The number of para-hydroxylation sites is 1. The summed E-state index contributed by atoms with van der Waals surface area (Å²) in [7, 11) is 0. The van der Waals surface area contributed by atoms with Crippen molar-refractivity contribution in [3.8, 4) is 0 Å². The standard InChI is InChI=1S/C14H20FN3O/c1-10-8-18(11(2)7-16-10)9-14(19)17-13-6-4-3-5-12(13)15/h3-6,10-11,16H,7-9H2,1-2H3,(H,17,19). The van der Waals surface area contributed by atoms with Crippen molar-refractivity contribution in [2.75, 3.05) is 25.0 Å². The summed E-state index contributed by atoms with van der Waals surface area (Å²) in [6, 6.07) is 6.89. The zero-order valence-corrected chi connectivity index (χ0v) is 11.3. The van der Waals surface area contributed by atoms with E-state index >= 15 is 0 Å². The van der Waals surface area contributed by atoms with Crippen LogP contribution in [0.5, 0.6) is 0 Å². The number of halogens is 1. The van der Waals surface area contributed by atoms with Gasteiger partial charge in [0.2, 0.25) is 5.91 Å². The van der Waals surface area contributed by atoms with Gasteiger partial charge in [0.25, 0.3) is 0 Å². The van der Waals surface area contributed by atoms with E-state index < -0.39 is 5.82 Å². The number of benzene rings is 1. The summed E-state index contributed by atoms with van der Waals surface area (Å²) >= 11 is 0. The van der Waals surface area contributed by atoms with Gasteiger partial charge in [-0.2, -0.15) is 0 Å². The minimum atomic E-state index is -0.405. The van der Waals surface area contributed by atoms with Gasteiger partial charge in [-0.3, -0.25) is 9.69 Å². The molecule has 1 fully saturated rings. The topological polar surface area (TPSA) is 44.4 Å². The van der Waals surface area contributed by atoms with Gasteiger partial charge in [0.15, 0.2) is 0 Å². The fourth-order valence-corrected chi connectivity index (χ4v) is 2.25. The van der Waals surface area contributed by atoms with E-state index in [9.17, 15) is 9.18 Å². The van der Waals surface area contributed by atoms with Crippen LogP contribution in [0.2, 0.25) is 0 Å². The molecule has 0 aromatic heterocycles. The first kappa shape index (κ1) is 14.0. The smallest absolute Gasteiger partial charge is 0.238 e. The molecule has 1 aromatic rings. The molecular formula is C14H20FN3O. The van der Waals surface area contributed by atoms with Gasteiger partial charge in [-0.05, 0) is 26.0 Å². The zero-order valence-electron chi connectivity index (χ0n) is 11.3. The lowest BCUT2D eigenvalue weighted by Crippen LogP contribution is -2.55. The van der Waals surface area contributed by atoms with Crippen molar-refractivity contribution in [2.24, 2.45) is 0 Å². The molecule has 1 saturated heterocycles. The second-order valence-corrected chi connectivity index (χ2v) is 5.12. The summed E-state index contributed by atoms with van der Waals surface area (Å²) in [6.07, 6.45) is 0. The molecule has 1 heterocycles. The molecule has 2 rings (SSSR count). The molecule has 1 amide bonds. The van der Waals surface area contributed by atoms with Gasteiger partial charge in [-0.15, -0.1) is 0 Å². The third-order valence-electron chi connectivity index (χ3n) is 3.39. The maximum atomic E-state index is 13.4. The molecule has 2 atom stereocenters. The van der Waals surface area contributed by atoms with Crippen molar-refractivity contribution in [1.82, 2.24) is 10.2 Å². The number of hydrogen-bond acceptors (Lipinski definition) is 3. The molecule has 2 N–H and O–H groups in total. The number of piperazine rings is 1. The predicted octanol–water partition coefficient (Wildman–Crippen LogP) is 1.45. The van der Waals surface area contributed by atoms with Crippen LogP contribution < -0.4 is 10.6 Å². The van der Waals surface area contributed by atoms with Gasteiger partial charge in [-0.1, -0.05) is 12.1 Å². The van der Waals surface area contributed by atoms with Crippen LogP contribution in [0, 0.1) is 5.82 Å². The molecule has 0 saturated carbocycles. The van der Waals surface area contributed by atoms with Gasteiger partial charge in [0.1, 0.15) is 5.82 Å². The number of anilines is 1. The number of rotatable bonds is 3. The summed E-state index contributed by atoms with van der Waals surface area (Å²) < 4.78 is 13.4. The number of amides is 1. The Morgan fingerprint density at radius 3 is 2.95 bits per heavy atom. The molecule has 0 spiro atoms. The lowest BCUT2D eigenvalue weighted by Gasteiger charge is -2.36. The first-order chi connectivity index (χ1) is 9.06. The van der Waals surface area contributed by atoms with Crippen molar-refractivity contribution in [3.05, 3.63) is 30.1 Å². The molecule has 5 heteroatoms. The number of hydrogen-bond donors (Lipinski definition) is 2. The molecule has 2 unspecified atom stereocenters. The van der Waals surface area contributed by atoms with Crippen LogP contribution in [-0.2, 0) is 4.79 Å². The average molecular weight is 265 g/mol. The Hall–Kier alpha value is -1.46. The summed E-state index contributed by atoms with van der Waals surface area (Å²) in [6.45, 7) is 6.16. The van der Waals surface area contributed by atoms with Crippen molar-refractivity contribution < 1.29 is 9.18 Å². The molecular weight excluding hydrogens is 245 g/mol. The largest absolute Gasteiger partial charge is 0.322 e. The average Bonchev–Trinajstić information content (AvgIpc) is 2.37. The fraction of sp³-hybridized carbons (Fsp3) is 0.500. The highest BCUT2D eigenvalue weighted by atomic mass is 19.1. The number of nitrogens with one attached hydrogen (secondary N) is 2. The quantitative estimate of drug-likeness (QED) is 0.869. The second kappa shape index (κ2) is 6.12. The molecule has 0 bridgehead atoms. The molecule has 1 aliphatic heterocycles. The SMILES string of the molecule is CC1CN(CC(=O)Nc2ccccc2F)C(C)CN1. The summed E-state index contributed by atoms with van der Waals surface area (Å²) in [4.78, 5) is 14.1. The van der Waals surface area contributed by atoms with E-state index in [-0.39, 0.29) is 11.6 Å². The summed E-state index contributed by atoms with van der Waals surface area (Å²) in [5.41, 5.74) is 0.239. The number of nitrogens with zero attached hydrogens (tertiary/aromatic N) is 1. The third kappa shape index (κ3) is 3.75. The molecule has 19 heavy (non-hydrogen) atoms. The monoisotopic (exact) mass is 265 g/mol. The van der Waals surface area contributed by atoms with E-state index in [1.54, 1.807) is 18.2 Å². The predicted molar refractivity (Wildman–Crippen MR) is 73.5 cm³/mol. The number of carbonyl (C=O) groups is 1. The lowest BCUT2D eigenvalue weighted by molar-refractivity contribution is -0.118. The van der Waals surface area contributed by atoms with Crippen LogP contribution in [0.25, 0.3) is 0 Å². The van der Waals surface area contributed by atoms with Crippen LogP contribution in [0.4, 0.5) is 10.1 Å². The maximum absolute atomic E-state index is 13.4. The molecule has 1 aliphatic rings. The van der Waals surface area contributed by atoms with Crippen molar-refractivity contribution in [1.29, 1.82) is 0 Å². The number of carbonyl (C=O) groups excluding carboxylic acids is 1. The molecule has 4 nitrogen and oxygen atoms in total. The first-order valence-electron chi connectivity index (χ1n) is 6.58. The zero-order chi connectivity index (χ0) is 13.8. The Morgan fingerprint density at radius 1 is 1.47 bits per heavy atom. The van der Waals surface area contributed by atoms with Gasteiger partial charge in [0, 0.05) is 25.2 Å². The van der Waals surface area contributed by atoms with Gasteiger partial charge >= 0.3 is 0 Å². The van der Waals surface area contributed by atoms with Crippen LogP contribution in [0.15, 0.2) is 24.3 Å². The molecule has 104 valence electrons. The van der Waals surface area contributed by atoms with E-state index in [1.807, 2.05) is 0 Å². The Labute approximate surface area is 113 Å². The van der Waals surface area contributed by atoms with E-state index in [0.29, 0.717) is 18.6 Å². The van der Waals surface area contributed by atoms with Crippen molar-refractivity contribution in [3.63, 3.8) is 0 Å². The van der Waals surface area contributed by atoms with Crippen LogP contribution in [-0.4, -0.2) is 42.5 Å². The van der Waals surface area contributed by atoms with Crippen LogP contribution in [0.1, 0.15) is 13.8 Å². The normalized spacial score (nSPS) is 24.2. The highest BCUT2D eigenvalue weighted by molar-refractivity contribution is 5.92. The Morgan fingerprint density at radius 2 is 2.21 bits per heavy atom. The minimum Gasteiger partial charge on any atom is -0.322 e. The first-order valence-corrected chi connectivity index (χ1v) is 6.58. The lowest BCUT2D eigenvalue weighted by atomic mass is 10.1. The van der Waals surface area contributed by atoms with E-state index in [0.717, 1.165) is 13.1 Å². The minimum absolute atomic E-state index is 0.175. The molecule has 1 aromatic carbocycles. The third-order valence-corrected chi connectivity index (χ3v) is 3.39. The highest BCUT2D eigenvalue weighted by Gasteiger charge is 2.24. The van der Waals surface area contributed by atoms with Gasteiger partial charge in [0.05, 0.1) is 12.2 Å². The van der Waals surface area contributed by atoms with Crippen molar-refractivity contribution >= 4 is 11.6 Å². The summed E-state index contributed by atoms with van der Waals surface area (Å²) in [5.74, 6) is -0.580. The highest BCUT2D eigenvalue weighted by Crippen LogP contribution is 2.13. The Balaban J connectivity index is 1.92. The second-order valence-electron chi connectivity index (χ2n) is 5.12. The van der Waals surface area contributed by atoms with Gasteiger partial charge in [-0.25, -0.2) is 4.39 Å².